The molecule has 3 rings (SSSR count). The van der Waals surface area contributed by atoms with Gasteiger partial charge in [-0.1, -0.05) is 30.3 Å². The second-order valence-corrected chi connectivity index (χ2v) is 7.13. The Morgan fingerprint density at radius 3 is 2.54 bits per heavy atom. The minimum atomic E-state index is -3.65. The summed E-state index contributed by atoms with van der Waals surface area (Å²) in [6.45, 7) is 1.56. The van der Waals surface area contributed by atoms with Gasteiger partial charge in [-0.3, -0.25) is 13.5 Å². The van der Waals surface area contributed by atoms with Gasteiger partial charge in [-0.05, 0) is 24.6 Å². The molecular weight excluding hydrogens is 330 g/mol. The van der Waals surface area contributed by atoms with Crippen molar-refractivity contribution in [3.63, 3.8) is 0 Å². The van der Waals surface area contributed by atoms with Crippen molar-refractivity contribution in [3.8, 4) is 0 Å². The molecule has 0 aliphatic rings. The minimum absolute atomic E-state index is 0.241. The van der Waals surface area contributed by atoms with Gasteiger partial charge in [0, 0.05) is 6.20 Å². The van der Waals surface area contributed by atoms with Crippen LogP contribution in [0.4, 0.5) is 0 Å². The highest BCUT2D eigenvalue weighted by atomic mass is 32.2. The van der Waals surface area contributed by atoms with Gasteiger partial charge in [0.05, 0.1) is 12.3 Å². The topological polar surface area (TPSA) is 82.7 Å². The van der Waals surface area contributed by atoms with Crippen LogP contribution in [0, 0.1) is 0 Å². The van der Waals surface area contributed by atoms with Crippen LogP contribution < -0.4 is 5.56 Å². The molecule has 0 spiro atoms. The van der Waals surface area contributed by atoms with Crippen LogP contribution >= 0.6 is 0 Å². The first-order valence-electron chi connectivity index (χ1n) is 7.35. The van der Waals surface area contributed by atoms with Gasteiger partial charge in [0.25, 0.3) is 15.7 Å². The molecule has 0 aliphatic heterocycles. The monoisotopic (exact) mass is 347 g/mol. The van der Waals surface area contributed by atoms with Gasteiger partial charge in [0.1, 0.15) is 12.1 Å². The first-order valence-corrected chi connectivity index (χ1v) is 9.16. The fourth-order valence-electron chi connectivity index (χ4n) is 2.58. The zero-order chi connectivity index (χ0) is 17.3. The van der Waals surface area contributed by atoms with Gasteiger partial charge in [0.15, 0.2) is 5.82 Å². The lowest BCUT2D eigenvalue weighted by molar-refractivity contribution is 0.287. The van der Waals surface area contributed by atoms with Crippen molar-refractivity contribution in [1.29, 1.82) is 0 Å². The Balaban J connectivity index is 2.16. The Labute approximate surface area is 139 Å². The molecule has 0 radical (unpaired) electrons. The van der Waals surface area contributed by atoms with E-state index in [4.69, 9.17) is 4.18 Å². The molecule has 1 unspecified atom stereocenters. The van der Waals surface area contributed by atoms with Crippen molar-refractivity contribution in [3.05, 3.63) is 70.4 Å². The molecule has 3 aromatic rings. The summed E-state index contributed by atoms with van der Waals surface area (Å²) in [5.74, 6) is 0.241. The van der Waals surface area contributed by atoms with E-state index >= 15 is 0 Å². The lowest BCUT2D eigenvalue weighted by Crippen LogP contribution is -2.31. The normalized spacial score (nSPS) is 13.2. The van der Waals surface area contributed by atoms with Crippen molar-refractivity contribution in [1.82, 2.24) is 14.2 Å². The smallest absolute Gasteiger partial charge is 0.278 e. The molecular formula is C16H17N3O4S. The van der Waals surface area contributed by atoms with Crippen LogP contribution in [0.5, 0.6) is 0 Å². The van der Waals surface area contributed by atoms with Gasteiger partial charge in [-0.25, -0.2) is 4.52 Å². The maximum atomic E-state index is 12.8. The van der Waals surface area contributed by atoms with Crippen molar-refractivity contribution in [2.75, 3.05) is 6.26 Å². The summed E-state index contributed by atoms with van der Waals surface area (Å²) in [6.07, 6.45) is 2.60. The molecule has 0 aliphatic carbocycles. The van der Waals surface area contributed by atoms with E-state index in [1.807, 2.05) is 37.3 Å². The molecule has 0 N–H and O–H groups in total. The van der Waals surface area contributed by atoms with E-state index in [9.17, 15) is 13.2 Å². The van der Waals surface area contributed by atoms with E-state index in [0.29, 0.717) is 5.52 Å². The standard InChI is InChI=1S/C16H17N3O4S/c1-12(13-7-4-3-5-8-13)19-15(11-23-24(2,21)22)17-18-10-6-9-14(18)16(19)20/h3-10,12H,11H2,1-2H3. The minimum Gasteiger partial charge on any atom is -0.284 e. The van der Waals surface area contributed by atoms with Crippen LogP contribution in [0.1, 0.15) is 24.4 Å². The Hall–Kier alpha value is -2.45. The van der Waals surface area contributed by atoms with E-state index in [1.54, 1.807) is 18.3 Å². The third kappa shape index (κ3) is 3.24. The third-order valence-corrected chi connectivity index (χ3v) is 4.28. The van der Waals surface area contributed by atoms with E-state index in [-0.39, 0.29) is 24.0 Å². The van der Waals surface area contributed by atoms with Crippen molar-refractivity contribution >= 4 is 15.6 Å². The predicted octanol–water partition coefficient (Wildman–Crippen LogP) is 1.58. The summed E-state index contributed by atoms with van der Waals surface area (Å²) in [5, 5.41) is 4.34. The summed E-state index contributed by atoms with van der Waals surface area (Å²) >= 11 is 0. The van der Waals surface area contributed by atoms with Crippen LogP contribution in [-0.2, 0) is 20.9 Å². The molecule has 0 bridgehead atoms. The largest absolute Gasteiger partial charge is 0.284 e. The van der Waals surface area contributed by atoms with Gasteiger partial charge in [0.2, 0.25) is 0 Å². The van der Waals surface area contributed by atoms with Crippen LogP contribution in [0.2, 0.25) is 0 Å². The van der Waals surface area contributed by atoms with Gasteiger partial charge < -0.3 is 0 Å². The fraction of sp³-hybridized carbons (Fsp3) is 0.250. The Morgan fingerprint density at radius 2 is 1.88 bits per heavy atom. The Bertz CT molecular complexity index is 1020. The molecule has 8 heteroatoms. The Kier molecular flexibility index (Phi) is 4.25. The molecule has 24 heavy (non-hydrogen) atoms. The molecule has 1 aromatic carbocycles. The summed E-state index contributed by atoms with van der Waals surface area (Å²) < 4.78 is 30.4. The molecule has 0 saturated heterocycles. The molecule has 0 fully saturated rings. The Morgan fingerprint density at radius 1 is 1.17 bits per heavy atom. The van der Waals surface area contributed by atoms with Crippen LogP contribution in [0.25, 0.3) is 5.52 Å². The second-order valence-electron chi connectivity index (χ2n) is 5.48. The SMILES string of the molecule is CC(c1ccccc1)n1c(COS(C)(=O)=O)nn2cccc2c1=O. The highest BCUT2D eigenvalue weighted by molar-refractivity contribution is 7.85. The maximum Gasteiger partial charge on any atom is 0.278 e. The average molecular weight is 347 g/mol. The van der Waals surface area contributed by atoms with Gasteiger partial charge in [-0.15, -0.1) is 0 Å². The number of rotatable bonds is 5. The van der Waals surface area contributed by atoms with Crippen LogP contribution in [0.15, 0.2) is 53.5 Å². The number of benzene rings is 1. The lowest BCUT2D eigenvalue weighted by Gasteiger charge is -2.19. The molecule has 0 saturated carbocycles. The van der Waals surface area contributed by atoms with Gasteiger partial charge in [-0.2, -0.15) is 13.5 Å². The number of aromatic nitrogens is 3. The number of hydrogen-bond donors (Lipinski definition) is 0. The zero-order valence-corrected chi connectivity index (χ0v) is 14.1. The predicted molar refractivity (Wildman–Crippen MR) is 89.3 cm³/mol. The highest BCUT2D eigenvalue weighted by Gasteiger charge is 2.19. The maximum absolute atomic E-state index is 12.8. The molecule has 2 aromatic heterocycles. The lowest BCUT2D eigenvalue weighted by atomic mass is 10.1. The molecule has 7 nitrogen and oxygen atoms in total. The first-order chi connectivity index (χ1) is 11.4. The highest BCUT2D eigenvalue weighted by Crippen LogP contribution is 2.18. The molecule has 1 atom stereocenters. The number of fused-ring (bicyclic) bond motifs is 1. The quantitative estimate of drug-likeness (QED) is 0.655. The molecule has 126 valence electrons. The molecule has 0 amide bonds. The molecule has 2 heterocycles. The van der Waals surface area contributed by atoms with Crippen LogP contribution in [0.3, 0.4) is 0 Å². The van der Waals surface area contributed by atoms with Crippen molar-refractivity contribution in [2.24, 2.45) is 0 Å². The van der Waals surface area contributed by atoms with E-state index in [2.05, 4.69) is 5.10 Å². The summed E-state index contributed by atoms with van der Waals surface area (Å²) in [7, 11) is -3.65. The number of nitrogens with zero attached hydrogens (tertiary/aromatic N) is 3. The van der Waals surface area contributed by atoms with E-state index < -0.39 is 10.1 Å². The summed E-state index contributed by atoms with van der Waals surface area (Å²) in [4.78, 5) is 12.8. The van der Waals surface area contributed by atoms with E-state index in [0.717, 1.165) is 11.8 Å². The second kappa shape index (κ2) is 6.21. The first kappa shape index (κ1) is 16.4. The summed E-state index contributed by atoms with van der Waals surface area (Å²) in [5.41, 5.74) is 1.08. The zero-order valence-electron chi connectivity index (χ0n) is 13.3. The number of hydrogen-bond acceptors (Lipinski definition) is 5. The van der Waals surface area contributed by atoms with Gasteiger partial charge >= 0.3 is 0 Å². The fourth-order valence-corrected chi connectivity index (χ4v) is 2.90. The van der Waals surface area contributed by atoms with Crippen molar-refractivity contribution < 1.29 is 12.6 Å². The van der Waals surface area contributed by atoms with Crippen LogP contribution in [-0.4, -0.2) is 28.9 Å². The average Bonchev–Trinajstić information content (AvgIpc) is 3.01. The third-order valence-electron chi connectivity index (χ3n) is 3.74. The van der Waals surface area contributed by atoms with Crippen molar-refractivity contribution in [2.45, 2.75) is 19.6 Å². The van der Waals surface area contributed by atoms with E-state index in [1.165, 1.54) is 9.08 Å². The summed E-state index contributed by atoms with van der Waals surface area (Å²) in [6, 6.07) is 12.5.